The number of aromatic nitrogens is 1. The standard InChI is InChI=1S/C12H17NO4S2/c1-8-10(19-7-13-8)11(12(16)17)18-6-4-2-3-5-9(14)15/h7,11H,2-6H2,1H3,(H,14,15)(H,16,17). The number of carboxylic acid groups (broad SMARTS) is 2. The van der Waals surface area contributed by atoms with Crippen LogP contribution in [0, 0.1) is 6.92 Å². The van der Waals surface area contributed by atoms with Crippen LogP contribution in [-0.2, 0) is 9.59 Å². The number of hydrogen-bond acceptors (Lipinski definition) is 5. The zero-order valence-electron chi connectivity index (χ0n) is 10.7. The topological polar surface area (TPSA) is 87.5 Å². The zero-order chi connectivity index (χ0) is 14.3. The molecule has 1 unspecified atom stereocenters. The van der Waals surface area contributed by atoms with Crippen molar-refractivity contribution in [2.24, 2.45) is 0 Å². The molecule has 1 aromatic rings. The maximum absolute atomic E-state index is 11.2. The van der Waals surface area contributed by atoms with E-state index in [9.17, 15) is 14.7 Å². The van der Waals surface area contributed by atoms with Crippen molar-refractivity contribution in [3.8, 4) is 0 Å². The number of thiazole rings is 1. The highest BCUT2D eigenvalue weighted by molar-refractivity contribution is 8.00. The average Bonchev–Trinajstić information content (AvgIpc) is 2.73. The fourth-order valence-corrected chi connectivity index (χ4v) is 3.79. The second-order valence-corrected chi connectivity index (χ2v) is 6.19. The fraction of sp³-hybridized carbons (Fsp3) is 0.583. The number of thioether (sulfide) groups is 1. The third-order valence-corrected chi connectivity index (χ3v) is 5.00. The van der Waals surface area contributed by atoms with E-state index in [1.807, 2.05) is 6.92 Å². The van der Waals surface area contributed by atoms with Crippen LogP contribution in [0.1, 0.15) is 41.5 Å². The smallest absolute Gasteiger partial charge is 0.322 e. The molecule has 0 aliphatic heterocycles. The van der Waals surface area contributed by atoms with E-state index in [2.05, 4.69) is 4.98 Å². The Morgan fingerprint density at radius 2 is 2.11 bits per heavy atom. The molecule has 0 amide bonds. The zero-order valence-corrected chi connectivity index (χ0v) is 12.3. The summed E-state index contributed by atoms with van der Waals surface area (Å²) in [7, 11) is 0. The third-order valence-electron chi connectivity index (χ3n) is 2.56. The molecular weight excluding hydrogens is 286 g/mol. The molecular formula is C12H17NO4S2. The number of unbranched alkanes of at least 4 members (excludes halogenated alkanes) is 2. The van der Waals surface area contributed by atoms with Crippen molar-refractivity contribution in [1.29, 1.82) is 0 Å². The van der Waals surface area contributed by atoms with Crippen LogP contribution in [0.25, 0.3) is 0 Å². The second kappa shape index (κ2) is 8.16. The maximum Gasteiger partial charge on any atom is 0.322 e. The van der Waals surface area contributed by atoms with E-state index in [-0.39, 0.29) is 6.42 Å². The number of nitrogens with zero attached hydrogens (tertiary/aromatic N) is 1. The Kier molecular flexibility index (Phi) is 6.86. The van der Waals surface area contributed by atoms with Gasteiger partial charge in [-0.2, -0.15) is 0 Å². The molecule has 0 fully saturated rings. The molecule has 1 aromatic heterocycles. The molecule has 19 heavy (non-hydrogen) atoms. The molecule has 0 saturated heterocycles. The van der Waals surface area contributed by atoms with E-state index in [0.717, 1.165) is 23.4 Å². The summed E-state index contributed by atoms with van der Waals surface area (Å²) in [5, 5.41) is 17.2. The van der Waals surface area contributed by atoms with Crippen molar-refractivity contribution in [2.45, 2.75) is 37.9 Å². The second-order valence-electron chi connectivity index (χ2n) is 4.10. The Morgan fingerprint density at radius 3 is 2.63 bits per heavy atom. The maximum atomic E-state index is 11.2. The molecule has 1 atom stereocenters. The van der Waals surface area contributed by atoms with Crippen LogP contribution in [0.2, 0.25) is 0 Å². The van der Waals surface area contributed by atoms with Crippen molar-refractivity contribution in [2.75, 3.05) is 5.75 Å². The Labute approximate surface area is 120 Å². The molecule has 106 valence electrons. The fourth-order valence-electron chi connectivity index (χ4n) is 1.58. The molecule has 2 N–H and O–H groups in total. The molecule has 1 heterocycles. The molecule has 0 aromatic carbocycles. The van der Waals surface area contributed by atoms with Crippen LogP contribution in [0.3, 0.4) is 0 Å². The minimum atomic E-state index is -0.845. The quantitative estimate of drug-likeness (QED) is 0.682. The first-order valence-corrected chi connectivity index (χ1v) is 7.91. The van der Waals surface area contributed by atoms with E-state index in [4.69, 9.17) is 5.11 Å². The van der Waals surface area contributed by atoms with Gasteiger partial charge in [-0.15, -0.1) is 23.1 Å². The SMILES string of the molecule is Cc1ncsc1C(SCCCCCC(=O)O)C(=O)O. The number of aliphatic carboxylic acids is 2. The van der Waals surface area contributed by atoms with Crippen LogP contribution >= 0.6 is 23.1 Å². The van der Waals surface area contributed by atoms with Gasteiger partial charge in [0.05, 0.1) is 16.1 Å². The highest BCUT2D eigenvalue weighted by atomic mass is 32.2. The average molecular weight is 303 g/mol. The minimum Gasteiger partial charge on any atom is -0.481 e. The summed E-state index contributed by atoms with van der Waals surface area (Å²) in [5.41, 5.74) is 2.43. The highest BCUT2D eigenvalue weighted by Gasteiger charge is 2.23. The highest BCUT2D eigenvalue weighted by Crippen LogP contribution is 2.34. The normalized spacial score (nSPS) is 12.3. The van der Waals surface area contributed by atoms with E-state index >= 15 is 0 Å². The first-order valence-electron chi connectivity index (χ1n) is 5.98. The lowest BCUT2D eigenvalue weighted by atomic mass is 10.2. The number of aryl methyl sites for hydroxylation is 1. The minimum absolute atomic E-state index is 0.182. The van der Waals surface area contributed by atoms with Crippen molar-refractivity contribution in [3.63, 3.8) is 0 Å². The molecule has 7 heteroatoms. The lowest BCUT2D eigenvalue weighted by Crippen LogP contribution is -2.08. The Hall–Kier alpha value is -1.08. The molecule has 1 rings (SSSR count). The van der Waals surface area contributed by atoms with Crippen molar-refractivity contribution in [3.05, 3.63) is 16.1 Å². The number of carbonyl (C=O) groups is 2. The predicted octanol–water partition coefficient (Wildman–Crippen LogP) is 2.96. The predicted molar refractivity (Wildman–Crippen MR) is 75.8 cm³/mol. The molecule has 0 spiro atoms. The van der Waals surface area contributed by atoms with Crippen molar-refractivity contribution >= 4 is 35.0 Å². The van der Waals surface area contributed by atoms with Crippen LogP contribution in [0.4, 0.5) is 0 Å². The van der Waals surface area contributed by atoms with Gasteiger partial charge < -0.3 is 10.2 Å². The number of rotatable bonds is 9. The molecule has 0 bridgehead atoms. The molecule has 0 saturated carbocycles. The monoisotopic (exact) mass is 303 g/mol. The molecule has 0 radical (unpaired) electrons. The van der Waals surface area contributed by atoms with Crippen molar-refractivity contribution in [1.82, 2.24) is 4.98 Å². The summed E-state index contributed by atoms with van der Waals surface area (Å²) in [5.74, 6) is -0.910. The van der Waals surface area contributed by atoms with Gasteiger partial charge in [0.25, 0.3) is 0 Å². The van der Waals surface area contributed by atoms with Crippen LogP contribution < -0.4 is 0 Å². The van der Waals surface area contributed by atoms with Crippen molar-refractivity contribution < 1.29 is 19.8 Å². The van der Waals surface area contributed by atoms with Gasteiger partial charge >= 0.3 is 11.9 Å². The van der Waals surface area contributed by atoms with Crippen LogP contribution in [0.15, 0.2) is 5.51 Å². The van der Waals surface area contributed by atoms with Gasteiger partial charge in [-0.05, 0) is 25.5 Å². The summed E-state index contributed by atoms with van der Waals surface area (Å²) < 4.78 is 0. The van der Waals surface area contributed by atoms with Gasteiger partial charge in [-0.3, -0.25) is 9.59 Å². The van der Waals surface area contributed by atoms with E-state index in [1.165, 1.54) is 23.1 Å². The molecule has 0 aliphatic rings. The third kappa shape index (κ3) is 5.61. The Bertz CT molecular complexity index is 433. The summed E-state index contributed by atoms with van der Waals surface area (Å²) in [6.45, 7) is 1.81. The van der Waals surface area contributed by atoms with E-state index in [1.54, 1.807) is 5.51 Å². The summed E-state index contributed by atoms with van der Waals surface area (Å²) in [4.78, 5) is 26.4. The van der Waals surface area contributed by atoms with Gasteiger partial charge in [-0.25, -0.2) is 4.98 Å². The van der Waals surface area contributed by atoms with Gasteiger partial charge in [0.1, 0.15) is 5.25 Å². The summed E-state index contributed by atoms with van der Waals surface area (Å²) >= 11 is 2.75. The van der Waals surface area contributed by atoms with Gasteiger partial charge in [0.2, 0.25) is 0 Å². The lowest BCUT2D eigenvalue weighted by molar-refractivity contribution is -0.137. The van der Waals surface area contributed by atoms with Gasteiger partial charge in [-0.1, -0.05) is 6.42 Å². The first kappa shape index (κ1) is 16.0. The lowest BCUT2D eigenvalue weighted by Gasteiger charge is -2.10. The van der Waals surface area contributed by atoms with Crippen LogP contribution in [0.5, 0.6) is 0 Å². The first-order chi connectivity index (χ1) is 9.02. The van der Waals surface area contributed by atoms with Gasteiger partial charge in [0, 0.05) is 6.42 Å². The van der Waals surface area contributed by atoms with Crippen LogP contribution in [-0.4, -0.2) is 32.9 Å². The molecule has 5 nitrogen and oxygen atoms in total. The Morgan fingerprint density at radius 1 is 1.37 bits per heavy atom. The summed E-state index contributed by atoms with van der Waals surface area (Å²) in [6.07, 6.45) is 2.47. The molecule has 0 aliphatic carbocycles. The van der Waals surface area contributed by atoms with E-state index < -0.39 is 17.2 Å². The van der Waals surface area contributed by atoms with E-state index in [0.29, 0.717) is 12.2 Å². The Balaban J connectivity index is 2.34. The number of hydrogen-bond donors (Lipinski definition) is 2. The van der Waals surface area contributed by atoms with Gasteiger partial charge in [0.15, 0.2) is 0 Å². The number of carboxylic acids is 2. The largest absolute Gasteiger partial charge is 0.481 e. The summed E-state index contributed by atoms with van der Waals surface area (Å²) in [6, 6.07) is 0.